The summed E-state index contributed by atoms with van der Waals surface area (Å²) in [6, 6.07) is 0. The fourth-order valence-electron chi connectivity index (χ4n) is 3.34. The average molecular weight is 282 g/mol. The zero-order valence-electron chi connectivity index (χ0n) is 12.8. The van der Waals surface area contributed by atoms with Crippen LogP contribution in [0.3, 0.4) is 0 Å². The molecule has 2 unspecified atom stereocenters. The summed E-state index contributed by atoms with van der Waals surface area (Å²) in [6.45, 7) is 6.74. The quantitative estimate of drug-likeness (QED) is 0.847. The molecule has 2 aliphatic rings. The summed E-state index contributed by atoms with van der Waals surface area (Å²) in [5.74, 6) is -0.388. The van der Waals surface area contributed by atoms with Gasteiger partial charge in [-0.1, -0.05) is 0 Å². The van der Waals surface area contributed by atoms with Crippen LogP contribution in [0.1, 0.15) is 33.1 Å². The predicted octanol–water partition coefficient (Wildman–Crippen LogP) is 1.29. The van der Waals surface area contributed by atoms with E-state index in [1.54, 1.807) is 13.8 Å². The highest BCUT2D eigenvalue weighted by Crippen LogP contribution is 2.35. The normalized spacial score (nSPS) is 28.6. The summed E-state index contributed by atoms with van der Waals surface area (Å²) >= 11 is 0. The highest BCUT2D eigenvalue weighted by atomic mass is 16.4. The van der Waals surface area contributed by atoms with Crippen molar-refractivity contribution < 1.29 is 14.7 Å². The van der Waals surface area contributed by atoms with E-state index < -0.39 is 11.4 Å². The van der Waals surface area contributed by atoms with Crippen LogP contribution in [0.2, 0.25) is 0 Å². The smallest absolute Gasteiger partial charge is 0.309 e. The number of amides is 1. The second-order valence-corrected chi connectivity index (χ2v) is 6.90. The van der Waals surface area contributed by atoms with Gasteiger partial charge in [-0.15, -0.1) is 0 Å². The van der Waals surface area contributed by atoms with Gasteiger partial charge in [0.2, 0.25) is 5.91 Å². The number of nitrogens with zero attached hydrogens (tertiary/aromatic N) is 2. The number of hydrogen-bond donors (Lipinski definition) is 1. The molecule has 5 nitrogen and oxygen atoms in total. The van der Waals surface area contributed by atoms with Gasteiger partial charge in [-0.25, -0.2) is 0 Å². The molecule has 20 heavy (non-hydrogen) atoms. The van der Waals surface area contributed by atoms with Crippen LogP contribution >= 0.6 is 0 Å². The molecule has 5 heteroatoms. The van der Waals surface area contributed by atoms with Crippen molar-refractivity contribution in [2.75, 3.05) is 33.2 Å². The maximum Gasteiger partial charge on any atom is 0.309 e. The molecular weight excluding hydrogens is 256 g/mol. The molecule has 0 aromatic carbocycles. The lowest BCUT2D eigenvalue weighted by atomic mass is 9.74. The third kappa shape index (κ3) is 2.97. The summed E-state index contributed by atoms with van der Waals surface area (Å²) in [5, 5.41) is 9.35. The van der Waals surface area contributed by atoms with Crippen molar-refractivity contribution in [3.8, 4) is 0 Å². The third-order valence-corrected chi connectivity index (χ3v) is 5.05. The van der Waals surface area contributed by atoms with E-state index >= 15 is 0 Å². The Morgan fingerprint density at radius 3 is 2.40 bits per heavy atom. The lowest BCUT2D eigenvalue weighted by molar-refractivity contribution is -0.153. The van der Waals surface area contributed by atoms with Gasteiger partial charge in [0.05, 0.1) is 11.3 Å². The van der Waals surface area contributed by atoms with Crippen LogP contribution < -0.4 is 0 Å². The van der Waals surface area contributed by atoms with Crippen LogP contribution in [0.4, 0.5) is 0 Å². The fourth-order valence-corrected chi connectivity index (χ4v) is 3.34. The predicted molar refractivity (Wildman–Crippen MR) is 76.3 cm³/mol. The Morgan fingerprint density at radius 2 is 1.85 bits per heavy atom. The molecule has 2 atom stereocenters. The fraction of sp³-hybridized carbons (Fsp3) is 0.867. The van der Waals surface area contributed by atoms with Gasteiger partial charge < -0.3 is 14.9 Å². The summed E-state index contributed by atoms with van der Waals surface area (Å²) in [4.78, 5) is 28.0. The van der Waals surface area contributed by atoms with Crippen LogP contribution in [0.15, 0.2) is 0 Å². The van der Waals surface area contributed by atoms with Crippen LogP contribution in [0.5, 0.6) is 0 Å². The minimum absolute atomic E-state index is 0.0526. The number of aliphatic carboxylic acids is 1. The van der Waals surface area contributed by atoms with Gasteiger partial charge in [0.25, 0.3) is 0 Å². The van der Waals surface area contributed by atoms with Crippen molar-refractivity contribution in [1.29, 1.82) is 0 Å². The molecule has 1 amide bonds. The number of piperidine rings is 1. The molecule has 2 heterocycles. The average Bonchev–Trinajstić information content (AvgIpc) is 2.84. The molecule has 0 aromatic rings. The van der Waals surface area contributed by atoms with Crippen molar-refractivity contribution in [2.45, 2.75) is 33.1 Å². The van der Waals surface area contributed by atoms with Crippen LogP contribution in [0.25, 0.3) is 0 Å². The maximum absolute atomic E-state index is 12.5. The van der Waals surface area contributed by atoms with Crippen LogP contribution in [-0.4, -0.2) is 60.0 Å². The molecule has 0 aromatic heterocycles. The van der Waals surface area contributed by atoms with E-state index in [4.69, 9.17) is 0 Å². The van der Waals surface area contributed by atoms with Gasteiger partial charge in [0.1, 0.15) is 0 Å². The van der Waals surface area contributed by atoms with Gasteiger partial charge in [-0.05, 0) is 52.6 Å². The van der Waals surface area contributed by atoms with Gasteiger partial charge >= 0.3 is 5.97 Å². The van der Waals surface area contributed by atoms with Crippen molar-refractivity contribution in [3.05, 3.63) is 0 Å². The van der Waals surface area contributed by atoms with Gasteiger partial charge in [-0.2, -0.15) is 0 Å². The minimum Gasteiger partial charge on any atom is -0.481 e. The molecule has 2 fully saturated rings. The first-order valence-electron chi connectivity index (χ1n) is 7.53. The van der Waals surface area contributed by atoms with Crippen molar-refractivity contribution in [2.24, 2.45) is 17.3 Å². The Kier molecular flexibility index (Phi) is 4.37. The Bertz CT molecular complexity index is 395. The first-order chi connectivity index (χ1) is 9.32. The van der Waals surface area contributed by atoms with Gasteiger partial charge in [0, 0.05) is 19.6 Å². The number of hydrogen-bond acceptors (Lipinski definition) is 3. The zero-order chi connectivity index (χ0) is 14.9. The number of carbonyl (C=O) groups is 2. The molecule has 2 saturated heterocycles. The standard InChI is InChI=1S/C15H26N2O3/c1-15(2,14(19)20)12-5-4-7-17(10-12)13(18)11-6-8-16(3)9-11/h11-12H,4-10H2,1-3H3,(H,19,20). The number of carboxylic acid groups (broad SMARTS) is 1. The van der Waals surface area contributed by atoms with Gasteiger partial charge in [0.15, 0.2) is 0 Å². The van der Waals surface area contributed by atoms with E-state index in [1.807, 2.05) is 11.9 Å². The largest absolute Gasteiger partial charge is 0.481 e. The Balaban J connectivity index is 2.00. The second kappa shape index (κ2) is 5.72. The molecule has 0 radical (unpaired) electrons. The summed E-state index contributed by atoms with van der Waals surface area (Å²) in [6.07, 6.45) is 2.74. The molecular formula is C15H26N2O3. The van der Waals surface area contributed by atoms with E-state index in [0.717, 1.165) is 38.9 Å². The minimum atomic E-state index is -0.766. The van der Waals surface area contributed by atoms with Crippen molar-refractivity contribution in [3.63, 3.8) is 0 Å². The number of rotatable bonds is 3. The Labute approximate surface area is 120 Å². The van der Waals surface area contributed by atoms with Crippen molar-refractivity contribution in [1.82, 2.24) is 9.80 Å². The maximum atomic E-state index is 12.5. The Hall–Kier alpha value is -1.10. The first kappa shape index (κ1) is 15.3. The highest BCUT2D eigenvalue weighted by Gasteiger charge is 2.41. The molecule has 114 valence electrons. The molecule has 2 aliphatic heterocycles. The molecule has 0 aliphatic carbocycles. The lowest BCUT2D eigenvalue weighted by Gasteiger charge is -2.40. The van der Waals surface area contributed by atoms with E-state index in [2.05, 4.69) is 4.90 Å². The second-order valence-electron chi connectivity index (χ2n) is 6.90. The van der Waals surface area contributed by atoms with E-state index in [1.165, 1.54) is 0 Å². The monoisotopic (exact) mass is 282 g/mol. The van der Waals surface area contributed by atoms with Crippen molar-refractivity contribution >= 4 is 11.9 Å². The van der Waals surface area contributed by atoms with Gasteiger partial charge in [-0.3, -0.25) is 9.59 Å². The summed E-state index contributed by atoms with van der Waals surface area (Å²) in [5.41, 5.74) is -0.759. The van der Waals surface area contributed by atoms with E-state index in [9.17, 15) is 14.7 Å². The number of carboxylic acids is 1. The number of likely N-dealkylation sites (tertiary alicyclic amines) is 2. The molecule has 0 spiro atoms. The highest BCUT2D eigenvalue weighted by molar-refractivity contribution is 5.80. The first-order valence-corrected chi connectivity index (χ1v) is 7.53. The molecule has 0 saturated carbocycles. The third-order valence-electron chi connectivity index (χ3n) is 5.05. The molecule has 1 N–H and O–H groups in total. The molecule has 0 bridgehead atoms. The van der Waals surface area contributed by atoms with E-state index in [0.29, 0.717) is 6.54 Å². The molecule has 2 rings (SSSR count). The topological polar surface area (TPSA) is 60.9 Å². The SMILES string of the molecule is CN1CCC(C(=O)N2CCCC(C(C)(C)C(=O)O)C2)C1. The van der Waals surface area contributed by atoms with E-state index in [-0.39, 0.29) is 17.7 Å². The lowest BCUT2D eigenvalue weighted by Crippen LogP contribution is -2.48. The zero-order valence-corrected chi connectivity index (χ0v) is 12.8. The Morgan fingerprint density at radius 1 is 1.15 bits per heavy atom. The number of carbonyl (C=O) groups excluding carboxylic acids is 1. The van der Waals surface area contributed by atoms with Crippen LogP contribution in [-0.2, 0) is 9.59 Å². The summed E-state index contributed by atoms with van der Waals surface area (Å²) < 4.78 is 0. The van der Waals surface area contributed by atoms with Crippen LogP contribution in [0, 0.1) is 17.3 Å². The summed E-state index contributed by atoms with van der Waals surface area (Å²) in [7, 11) is 2.04.